The summed E-state index contributed by atoms with van der Waals surface area (Å²) in [6.07, 6.45) is 0. The first-order chi connectivity index (χ1) is 8.89. The summed E-state index contributed by atoms with van der Waals surface area (Å²) >= 11 is 0. The summed E-state index contributed by atoms with van der Waals surface area (Å²) in [7, 11) is 0. The molecular formula is C17H15N. The summed E-state index contributed by atoms with van der Waals surface area (Å²) < 4.78 is 0. The highest BCUT2D eigenvalue weighted by molar-refractivity contribution is 5.68. The van der Waals surface area contributed by atoms with Crippen molar-refractivity contribution in [3.05, 3.63) is 70.8 Å². The summed E-state index contributed by atoms with van der Waals surface area (Å²) in [5.74, 6) is 2.25. The molecular weight excluding hydrogens is 218 g/mol. The lowest BCUT2D eigenvalue weighted by molar-refractivity contribution is 0.491. The van der Waals surface area contributed by atoms with Crippen LogP contribution in [0.2, 0.25) is 0 Å². The fraction of sp³-hybridized carbons (Fsp3) is 0.294. The molecule has 0 radical (unpaired) electrons. The standard InChI is InChI=1S/C17H15N/c18-9-17-12-7-3-1-5-10(12)14-15(16(14)17)11-6-2-4-8-13(11)17/h1-8,14-16H,9,18H2/t14-,15+,16?,17?. The number of nitrogens with two attached hydrogens (primary N) is 1. The number of benzene rings is 2. The van der Waals surface area contributed by atoms with E-state index >= 15 is 0 Å². The third kappa shape index (κ3) is 0.733. The van der Waals surface area contributed by atoms with Gasteiger partial charge in [-0.1, -0.05) is 48.5 Å². The second kappa shape index (κ2) is 2.70. The van der Waals surface area contributed by atoms with E-state index in [4.69, 9.17) is 5.73 Å². The van der Waals surface area contributed by atoms with Crippen LogP contribution in [0.15, 0.2) is 48.5 Å². The van der Waals surface area contributed by atoms with Gasteiger partial charge in [-0.05, 0) is 40.0 Å². The molecule has 4 atom stereocenters. The predicted molar refractivity (Wildman–Crippen MR) is 71.7 cm³/mol. The molecule has 0 aliphatic heterocycles. The summed E-state index contributed by atoms with van der Waals surface area (Å²) in [4.78, 5) is 0. The minimum atomic E-state index is 0.127. The van der Waals surface area contributed by atoms with E-state index in [1.54, 1.807) is 11.1 Å². The monoisotopic (exact) mass is 233 g/mol. The molecule has 2 aromatic carbocycles. The SMILES string of the molecule is NCC12c3ccccc3[C@@H]3C1[C@@H]3c1ccccc12. The molecule has 3 aliphatic carbocycles. The molecule has 0 aromatic heterocycles. The first-order valence-electron chi connectivity index (χ1n) is 6.78. The molecule has 0 bridgehead atoms. The summed E-state index contributed by atoms with van der Waals surface area (Å²) in [5.41, 5.74) is 12.5. The zero-order valence-electron chi connectivity index (χ0n) is 10.1. The maximum absolute atomic E-state index is 6.25. The Morgan fingerprint density at radius 2 is 1.33 bits per heavy atom. The summed E-state index contributed by atoms with van der Waals surface area (Å²) in [5, 5.41) is 0. The van der Waals surface area contributed by atoms with Crippen LogP contribution in [0.3, 0.4) is 0 Å². The van der Waals surface area contributed by atoms with Crippen LogP contribution in [0.25, 0.3) is 0 Å². The number of hydrogen-bond donors (Lipinski definition) is 1. The fourth-order valence-corrected chi connectivity index (χ4v) is 4.95. The summed E-state index contributed by atoms with van der Waals surface area (Å²) in [6, 6.07) is 17.9. The maximum Gasteiger partial charge on any atom is 0.0370 e. The van der Waals surface area contributed by atoms with Gasteiger partial charge in [0.2, 0.25) is 0 Å². The van der Waals surface area contributed by atoms with Gasteiger partial charge in [0.25, 0.3) is 0 Å². The lowest BCUT2D eigenvalue weighted by Crippen LogP contribution is -2.35. The highest BCUT2D eigenvalue weighted by Crippen LogP contribution is 2.79. The number of hydrogen-bond acceptors (Lipinski definition) is 1. The third-order valence-electron chi connectivity index (χ3n) is 5.51. The van der Waals surface area contributed by atoms with Crippen LogP contribution in [0, 0.1) is 5.92 Å². The topological polar surface area (TPSA) is 26.0 Å². The van der Waals surface area contributed by atoms with Gasteiger partial charge in [-0.15, -0.1) is 0 Å². The molecule has 1 nitrogen and oxygen atoms in total. The molecule has 2 unspecified atom stereocenters. The zero-order chi connectivity index (χ0) is 11.9. The molecule has 88 valence electrons. The van der Waals surface area contributed by atoms with Crippen LogP contribution in [0.5, 0.6) is 0 Å². The zero-order valence-corrected chi connectivity index (χ0v) is 10.1. The van der Waals surface area contributed by atoms with Gasteiger partial charge >= 0.3 is 0 Å². The molecule has 18 heavy (non-hydrogen) atoms. The average Bonchev–Trinajstić information content (AvgIpc) is 3.03. The van der Waals surface area contributed by atoms with E-state index in [9.17, 15) is 0 Å². The normalized spacial score (nSPS) is 37.1. The quantitative estimate of drug-likeness (QED) is 0.805. The molecule has 5 rings (SSSR count). The van der Waals surface area contributed by atoms with E-state index in [1.165, 1.54) is 11.1 Å². The van der Waals surface area contributed by atoms with Crippen LogP contribution in [0.1, 0.15) is 34.1 Å². The van der Waals surface area contributed by atoms with Crippen LogP contribution >= 0.6 is 0 Å². The summed E-state index contributed by atoms with van der Waals surface area (Å²) in [6.45, 7) is 0.749. The predicted octanol–water partition coefficient (Wildman–Crippen LogP) is 2.76. The van der Waals surface area contributed by atoms with E-state index in [0.717, 1.165) is 24.3 Å². The van der Waals surface area contributed by atoms with Crippen molar-refractivity contribution in [2.24, 2.45) is 11.7 Å². The van der Waals surface area contributed by atoms with Gasteiger partial charge in [0, 0.05) is 12.0 Å². The van der Waals surface area contributed by atoms with Crippen molar-refractivity contribution in [1.29, 1.82) is 0 Å². The Morgan fingerprint density at radius 3 is 1.83 bits per heavy atom. The minimum absolute atomic E-state index is 0.127. The highest BCUT2D eigenvalue weighted by Gasteiger charge is 2.73. The van der Waals surface area contributed by atoms with Crippen molar-refractivity contribution in [3.8, 4) is 0 Å². The Balaban J connectivity index is 1.90. The maximum atomic E-state index is 6.25. The Bertz CT molecular complexity index is 619. The van der Waals surface area contributed by atoms with E-state index in [-0.39, 0.29) is 5.41 Å². The van der Waals surface area contributed by atoms with Crippen molar-refractivity contribution < 1.29 is 0 Å². The molecule has 3 aliphatic rings. The first kappa shape index (κ1) is 9.35. The van der Waals surface area contributed by atoms with E-state index < -0.39 is 0 Å². The Kier molecular flexibility index (Phi) is 1.40. The molecule has 1 fully saturated rings. The van der Waals surface area contributed by atoms with Gasteiger partial charge in [-0.2, -0.15) is 0 Å². The van der Waals surface area contributed by atoms with Gasteiger partial charge in [0.05, 0.1) is 0 Å². The Hall–Kier alpha value is -1.60. The van der Waals surface area contributed by atoms with Gasteiger partial charge in [-0.25, -0.2) is 0 Å². The van der Waals surface area contributed by atoms with Gasteiger partial charge in [0.15, 0.2) is 0 Å². The molecule has 0 heterocycles. The van der Waals surface area contributed by atoms with Crippen LogP contribution in [-0.2, 0) is 5.41 Å². The van der Waals surface area contributed by atoms with Crippen LogP contribution < -0.4 is 5.73 Å². The lowest BCUT2D eigenvalue weighted by atomic mass is 9.75. The van der Waals surface area contributed by atoms with Crippen LogP contribution in [-0.4, -0.2) is 6.54 Å². The molecule has 1 heteroatoms. The minimum Gasteiger partial charge on any atom is -0.329 e. The van der Waals surface area contributed by atoms with Crippen molar-refractivity contribution in [1.82, 2.24) is 0 Å². The van der Waals surface area contributed by atoms with Crippen LogP contribution in [0.4, 0.5) is 0 Å². The van der Waals surface area contributed by atoms with Gasteiger partial charge < -0.3 is 5.73 Å². The van der Waals surface area contributed by atoms with Crippen molar-refractivity contribution in [2.45, 2.75) is 17.3 Å². The van der Waals surface area contributed by atoms with Crippen molar-refractivity contribution >= 4 is 0 Å². The van der Waals surface area contributed by atoms with E-state index in [0.29, 0.717) is 0 Å². The smallest absolute Gasteiger partial charge is 0.0370 e. The molecule has 2 N–H and O–H groups in total. The average molecular weight is 233 g/mol. The second-order valence-electron chi connectivity index (χ2n) is 5.93. The molecule has 0 saturated heterocycles. The number of rotatable bonds is 1. The lowest BCUT2D eigenvalue weighted by Gasteiger charge is -2.29. The van der Waals surface area contributed by atoms with Crippen molar-refractivity contribution in [3.63, 3.8) is 0 Å². The Labute approximate surface area is 107 Å². The molecule has 2 aromatic rings. The number of fused-ring (bicyclic) bond motifs is 7. The molecule has 0 amide bonds. The van der Waals surface area contributed by atoms with E-state index in [2.05, 4.69) is 48.5 Å². The fourth-order valence-electron chi connectivity index (χ4n) is 4.95. The van der Waals surface area contributed by atoms with Gasteiger partial charge in [-0.3, -0.25) is 0 Å². The largest absolute Gasteiger partial charge is 0.329 e. The first-order valence-corrected chi connectivity index (χ1v) is 6.78. The van der Waals surface area contributed by atoms with Crippen molar-refractivity contribution in [2.75, 3.05) is 6.54 Å². The Morgan fingerprint density at radius 1 is 0.833 bits per heavy atom. The third-order valence-corrected chi connectivity index (χ3v) is 5.51. The second-order valence-corrected chi connectivity index (χ2v) is 5.93. The molecule has 1 saturated carbocycles. The van der Waals surface area contributed by atoms with E-state index in [1.807, 2.05) is 0 Å². The molecule has 0 spiro atoms. The van der Waals surface area contributed by atoms with Gasteiger partial charge in [0.1, 0.15) is 0 Å². The highest BCUT2D eigenvalue weighted by atomic mass is 14.8.